The van der Waals surface area contributed by atoms with Gasteiger partial charge in [0.2, 0.25) is 0 Å². The molecule has 0 saturated carbocycles. The Kier molecular flexibility index (Phi) is 3.65. The zero-order valence-electron chi connectivity index (χ0n) is 8.78. The Morgan fingerprint density at radius 3 is 2.57 bits per heavy atom. The summed E-state index contributed by atoms with van der Waals surface area (Å²) in [6.45, 7) is 4.00. The van der Waals surface area contributed by atoms with Crippen molar-refractivity contribution in [2.24, 2.45) is 0 Å². The number of nitrogens with zero attached hydrogens (tertiary/aromatic N) is 1. The molecule has 1 aliphatic heterocycles. The second-order valence-corrected chi connectivity index (χ2v) is 2.68. The molecule has 0 atom stereocenters. The zero-order chi connectivity index (χ0) is 10.6. The van der Waals surface area contributed by atoms with Crippen molar-refractivity contribution >= 4 is 11.6 Å². The fourth-order valence-corrected chi connectivity index (χ4v) is 1.43. The molecule has 0 radical (unpaired) electrons. The molecular formula is C11H15NO2. The van der Waals surface area contributed by atoms with E-state index < -0.39 is 0 Å². The summed E-state index contributed by atoms with van der Waals surface area (Å²) in [7, 11) is 1.50. The van der Waals surface area contributed by atoms with Gasteiger partial charge in [-0.2, -0.15) is 5.06 Å². The van der Waals surface area contributed by atoms with E-state index in [0.29, 0.717) is 6.42 Å². The largest absolute Gasteiger partial charge is 0.272 e. The molecule has 1 aromatic rings. The van der Waals surface area contributed by atoms with Crippen LogP contribution in [0.3, 0.4) is 0 Å². The monoisotopic (exact) mass is 193 g/mol. The second kappa shape index (κ2) is 4.77. The molecule has 1 aliphatic rings. The van der Waals surface area contributed by atoms with Gasteiger partial charge in [-0.1, -0.05) is 32.0 Å². The highest BCUT2D eigenvalue weighted by molar-refractivity contribution is 5.99. The molecule has 0 saturated heterocycles. The van der Waals surface area contributed by atoms with E-state index >= 15 is 0 Å². The summed E-state index contributed by atoms with van der Waals surface area (Å²) < 4.78 is 0. The Morgan fingerprint density at radius 1 is 1.29 bits per heavy atom. The first kappa shape index (κ1) is 10.7. The summed E-state index contributed by atoms with van der Waals surface area (Å²) in [5.74, 6) is -0.00120. The Labute approximate surface area is 84.2 Å². The fourth-order valence-electron chi connectivity index (χ4n) is 1.43. The number of rotatable bonds is 1. The number of para-hydroxylation sites is 1. The van der Waals surface area contributed by atoms with Gasteiger partial charge < -0.3 is 0 Å². The molecule has 0 N–H and O–H groups in total. The van der Waals surface area contributed by atoms with E-state index in [1.54, 1.807) is 0 Å². The van der Waals surface area contributed by atoms with Crippen LogP contribution >= 0.6 is 0 Å². The van der Waals surface area contributed by atoms with Crippen LogP contribution < -0.4 is 5.06 Å². The van der Waals surface area contributed by atoms with Crippen LogP contribution in [0.1, 0.15) is 19.4 Å². The zero-order valence-corrected chi connectivity index (χ0v) is 8.78. The molecule has 3 heteroatoms. The van der Waals surface area contributed by atoms with Crippen LogP contribution in [0.15, 0.2) is 24.3 Å². The minimum absolute atomic E-state index is 0.00120. The van der Waals surface area contributed by atoms with E-state index in [4.69, 9.17) is 4.84 Å². The number of fused-ring (bicyclic) bond motifs is 1. The molecule has 0 fully saturated rings. The van der Waals surface area contributed by atoms with Crippen LogP contribution in [0.2, 0.25) is 0 Å². The first-order chi connectivity index (χ1) is 6.83. The van der Waals surface area contributed by atoms with Gasteiger partial charge >= 0.3 is 0 Å². The van der Waals surface area contributed by atoms with Crippen molar-refractivity contribution in [3.05, 3.63) is 29.8 Å². The predicted octanol–water partition coefficient (Wildman–Crippen LogP) is 2.16. The summed E-state index contributed by atoms with van der Waals surface area (Å²) >= 11 is 0. The van der Waals surface area contributed by atoms with Crippen LogP contribution in [0.4, 0.5) is 5.69 Å². The highest BCUT2D eigenvalue weighted by Gasteiger charge is 2.26. The van der Waals surface area contributed by atoms with Gasteiger partial charge in [0.05, 0.1) is 19.2 Å². The first-order valence-corrected chi connectivity index (χ1v) is 4.78. The third-order valence-corrected chi connectivity index (χ3v) is 1.96. The summed E-state index contributed by atoms with van der Waals surface area (Å²) in [5.41, 5.74) is 1.90. The van der Waals surface area contributed by atoms with Crippen molar-refractivity contribution in [1.29, 1.82) is 0 Å². The van der Waals surface area contributed by atoms with Crippen molar-refractivity contribution < 1.29 is 9.63 Å². The lowest BCUT2D eigenvalue weighted by molar-refractivity contribution is -0.123. The van der Waals surface area contributed by atoms with Crippen LogP contribution in [-0.4, -0.2) is 13.0 Å². The normalized spacial score (nSPS) is 13.4. The van der Waals surface area contributed by atoms with Crippen LogP contribution in [0.25, 0.3) is 0 Å². The average molecular weight is 193 g/mol. The van der Waals surface area contributed by atoms with Crippen molar-refractivity contribution in [3.8, 4) is 0 Å². The number of carbonyl (C=O) groups excluding carboxylic acids is 1. The van der Waals surface area contributed by atoms with E-state index in [0.717, 1.165) is 11.3 Å². The SMILES string of the molecule is CC.CON1C(=O)Cc2ccccc21. The summed E-state index contributed by atoms with van der Waals surface area (Å²) in [5, 5.41) is 1.33. The summed E-state index contributed by atoms with van der Waals surface area (Å²) in [6, 6.07) is 7.63. The molecular weight excluding hydrogens is 178 g/mol. The molecule has 2 rings (SSSR count). The van der Waals surface area contributed by atoms with E-state index in [1.165, 1.54) is 12.2 Å². The lowest BCUT2D eigenvalue weighted by atomic mass is 10.2. The maximum absolute atomic E-state index is 11.3. The summed E-state index contributed by atoms with van der Waals surface area (Å²) in [4.78, 5) is 16.2. The van der Waals surface area contributed by atoms with Crippen molar-refractivity contribution in [2.45, 2.75) is 20.3 Å². The van der Waals surface area contributed by atoms with E-state index in [1.807, 2.05) is 38.1 Å². The molecule has 0 aliphatic carbocycles. The number of hydrogen-bond acceptors (Lipinski definition) is 2. The second-order valence-electron chi connectivity index (χ2n) is 2.68. The number of benzene rings is 1. The molecule has 3 nitrogen and oxygen atoms in total. The topological polar surface area (TPSA) is 29.5 Å². The van der Waals surface area contributed by atoms with Gasteiger partial charge in [0.25, 0.3) is 5.91 Å². The average Bonchev–Trinajstić information content (AvgIpc) is 2.56. The van der Waals surface area contributed by atoms with E-state index in [9.17, 15) is 4.79 Å². The molecule has 0 bridgehead atoms. The highest BCUT2D eigenvalue weighted by Crippen LogP contribution is 2.27. The number of amides is 1. The highest BCUT2D eigenvalue weighted by atomic mass is 16.7. The predicted molar refractivity (Wildman–Crippen MR) is 56.0 cm³/mol. The minimum Gasteiger partial charge on any atom is -0.272 e. The Hall–Kier alpha value is -1.35. The van der Waals surface area contributed by atoms with Gasteiger partial charge in [0.1, 0.15) is 0 Å². The third-order valence-electron chi connectivity index (χ3n) is 1.96. The molecule has 76 valence electrons. The first-order valence-electron chi connectivity index (χ1n) is 4.78. The standard InChI is InChI=1S/C9H9NO2.C2H6/c1-12-10-8-5-3-2-4-7(8)6-9(10)11;1-2/h2-5H,6H2,1H3;1-2H3. The Morgan fingerprint density at radius 2 is 1.93 bits per heavy atom. The number of hydrogen-bond donors (Lipinski definition) is 0. The van der Waals surface area contributed by atoms with Gasteiger partial charge in [-0.3, -0.25) is 9.63 Å². The lowest BCUT2D eigenvalue weighted by Crippen LogP contribution is -2.24. The lowest BCUT2D eigenvalue weighted by Gasteiger charge is -2.12. The van der Waals surface area contributed by atoms with Gasteiger partial charge in [-0.15, -0.1) is 0 Å². The maximum atomic E-state index is 11.3. The number of hydroxylamine groups is 1. The van der Waals surface area contributed by atoms with Gasteiger partial charge in [0, 0.05) is 0 Å². The molecule has 0 unspecified atom stereocenters. The van der Waals surface area contributed by atoms with Crippen LogP contribution in [0.5, 0.6) is 0 Å². The van der Waals surface area contributed by atoms with Crippen molar-refractivity contribution in [2.75, 3.05) is 12.2 Å². The van der Waals surface area contributed by atoms with E-state index in [-0.39, 0.29) is 5.91 Å². The molecule has 1 amide bonds. The Balaban J connectivity index is 0.000000461. The minimum atomic E-state index is -0.00120. The molecule has 1 heterocycles. The van der Waals surface area contributed by atoms with Crippen LogP contribution in [-0.2, 0) is 16.1 Å². The smallest absolute Gasteiger partial charge is 0.255 e. The number of anilines is 1. The van der Waals surface area contributed by atoms with Crippen molar-refractivity contribution in [3.63, 3.8) is 0 Å². The van der Waals surface area contributed by atoms with Crippen LogP contribution in [0, 0.1) is 0 Å². The molecule has 14 heavy (non-hydrogen) atoms. The maximum Gasteiger partial charge on any atom is 0.255 e. The molecule has 0 spiro atoms. The molecule has 0 aromatic heterocycles. The summed E-state index contributed by atoms with van der Waals surface area (Å²) in [6.07, 6.45) is 0.448. The third kappa shape index (κ3) is 1.77. The fraction of sp³-hybridized carbons (Fsp3) is 0.364. The number of carbonyl (C=O) groups is 1. The van der Waals surface area contributed by atoms with Gasteiger partial charge in [-0.05, 0) is 11.6 Å². The van der Waals surface area contributed by atoms with E-state index in [2.05, 4.69) is 0 Å². The Bertz CT molecular complexity index is 323. The van der Waals surface area contributed by atoms with Crippen molar-refractivity contribution in [1.82, 2.24) is 0 Å². The quantitative estimate of drug-likeness (QED) is 0.684. The van der Waals surface area contributed by atoms with Gasteiger partial charge in [0.15, 0.2) is 0 Å². The molecule has 1 aromatic carbocycles. The van der Waals surface area contributed by atoms with Gasteiger partial charge in [-0.25, -0.2) is 0 Å².